The molecular weight excluding hydrogens is 331 g/mol. The molecular formula is C18H18ClFN2O2. The molecule has 126 valence electrons. The lowest BCUT2D eigenvalue weighted by Crippen LogP contribution is -2.39. The summed E-state index contributed by atoms with van der Waals surface area (Å²) in [4.78, 5) is 18.1. The van der Waals surface area contributed by atoms with Gasteiger partial charge in [-0.2, -0.15) is 0 Å². The summed E-state index contributed by atoms with van der Waals surface area (Å²) in [5, 5.41) is 10.8. The molecule has 3 rings (SSSR count). The Balaban J connectivity index is 1.60. The van der Waals surface area contributed by atoms with Crippen LogP contribution in [0, 0.1) is 11.7 Å². The Labute approximate surface area is 144 Å². The smallest absolute Gasteiger partial charge is 0.255 e. The summed E-state index contributed by atoms with van der Waals surface area (Å²) in [5.41, 5.74) is 1.22. The maximum Gasteiger partial charge on any atom is 0.255 e. The number of rotatable bonds is 3. The van der Waals surface area contributed by atoms with E-state index in [0.29, 0.717) is 42.2 Å². The van der Waals surface area contributed by atoms with Gasteiger partial charge in [0.25, 0.3) is 5.91 Å². The van der Waals surface area contributed by atoms with E-state index in [-0.39, 0.29) is 17.6 Å². The first-order valence-corrected chi connectivity index (χ1v) is 8.27. The summed E-state index contributed by atoms with van der Waals surface area (Å²) in [6, 6.07) is 9.18. The van der Waals surface area contributed by atoms with Gasteiger partial charge in [-0.05, 0) is 48.6 Å². The van der Waals surface area contributed by atoms with E-state index >= 15 is 0 Å². The minimum Gasteiger partial charge on any atom is -0.388 e. The van der Waals surface area contributed by atoms with Crippen molar-refractivity contribution in [3.8, 4) is 0 Å². The number of aliphatic hydroxyl groups excluding tert-OH is 1. The van der Waals surface area contributed by atoms with Gasteiger partial charge in [0.2, 0.25) is 0 Å². The highest BCUT2D eigenvalue weighted by molar-refractivity contribution is 6.29. The Morgan fingerprint density at radius 2 is 1.88 bits per heavy atom. The van der Waals surface area contributed by atoms with Crippen LogP contribution in [0.4, 0.5) is 4.39 Å². The van der Waals surface area contributed by atoms with Crippen molar-refractivity contribution >= 4 is 17.5 Å². The zero-order valence-corrected chi connectivity index (χ0v) is 13.8. The van der Waals surface area contributed by atoms with Crippen LogP contribution in [0.3, 0.4) is 0 Å². The second-order valence-electron chi connectivity index (χ2n) is 6.00. The van der Waals surface area contributed by atoms with Crippen molar-refractivity contribution in [2.24, 2.45) is 5.92 Å². The van der Waals surface area contributed by atoms with Crippen molar-refractivity contribution < 1.29 is 14.3 Å². The van der Waals surface area contributed by atoms with E-state index in [0.717, 1.165) is 0 Å². The molecule has 0 unspecified atom stereocenters. The van der Waals surface area contributed by atoms with Crippen LogP contribution in [0.25, 0.3) is 0 Å². The van der Waals surface area contributed by atoms with E-state index < -0.39 is 6.10 Å². The van der Waals surface area contributed by atoms with Gasteiger partial charge >= 0.3 is 0 Å². The molecule has 1 saturated heterocycles. The highest BCUT2D eigenvalue weighted by atomic mass is 35.5. The third-order valence-corrected chi connectivity index (χ3v) is 4.68. The molecule has 2 heterocycles. The van der Waals surface area contributed by atoms with Crippen LogP contribution in [0.2, 0.25) is 5.15 Å². The van der Waals surface area contributed by atoms with Crippen molar-refractivity contribution in [1.82, 2.24) is 9.88 Å². The second kappa shape index (κ2) is 7.28. The fourth-order valence-corrected chi connectivity index (χ4v) is 3.15. The van der Waals surface area contributed by atoms with Crippen molar-refractivity contribution in [2.75, 3.05) is 13.1 Å². The third kappa shape index (κ3) is 3.74. The predicted molar refractivity (Wildman–Crippen MR) is 89.2 cm³/mol. The monoisotopic (exact) mass is 348 g/mol. The molecule has 0 bridgehead atoms. The summed E-state index contributed by atoms with van der Waals surface area (Å²) in [5.74, 6) is -0.334. The van der Waals surface area contributed by atoms with Crippen LogP contribution in [0.1, 0.15) is 34.9 Å². The molecule has 1 amide bonds. The lowest BCUT2D eigenvalue weighted by molar-refractivity contribution is 0.0462. The minimum atomic E-state index is -0.639. The van der Waals surface area contributed by atoms with Gasteiger partial charge in [0.05, 0.1) is 11.7 Å². The molecule has 0 aliphatic carbocycles. The maximum absolute atomic E-state index is 13.0. The first kappa shape index (κ1) is 16.9. The van der Waals surface area contributed by atoms with E-state index in [4.69, 9.17) is 11.6 Å². The topological polar surface area (TPSA) is 53.4 Å². The number of aromatic nitrogens is 1. The van der Waals surface area contributed by atoms with E-state index in [1.54, 1.807) is 29.2 Å². The molecule has 1 N–H and O–H groups in total. The fourth-order valence-electron chi connectivity index (χ4n) is 3.04. The Kier molecular flexibility index (Phi) is 5.11. The number of carbonyl (C=O) groups is 1. The molecule has 0 saturated carbocycles. The van der Waals surface area contributed by atoms with Crippen LogP contribution in [0.5, 0.6) is 0 Å². The molecule has 0 spiro atoms. The number of pyridine rings is 1. The highest BCUT2D eigenvalue weighted by Crippen LogP contribution is 2.31. The molecule has 1 atom stereocenters. The van der Waals surface area contributed by atoms with Gasteiger partial charge in [0.1, 0.15) is 11.0 Å². The first-order valence-electron chi connectivity index (χ1n) is 7.89. The molecule has 1 aliphatic rings. The SMILES string of the molecule is O=C(c1ccc(Cl)nc1)N1CCC([C@H](O)c2ccc(F)cc2)CC1. The van der Waals surface area contributed by atoms with E-state index in [2.05, 4.69) is 4.98 Å². The van der Waals surface area contributed by atoms with Crippen molar-refractivity contribution in [1.29, 1.82) is 0 Å². The van der Waals surface area contributed by atoms with E-state index in [9.17, 15) is 14.3 Å². The number of amides is 1. The molecule has 0 radical (unpaired) electrons. The average Bonchev–Trinajstić information content (AvgIpc) is 2.62. The van der Waals surface area contributed by atoms with Gasteiger partial charge in [0.15, 0.2) is 0 Å². The average molecular weight is 349 g/mol. The normalized spacial score (nSPS) is 16.9. The number of hydrogen-bond donors (Lipinski definition) is 1. The quantitative estimate of drug-likeness (QED) is 0.864. The Bertz CT molecular complexity index is 698. The molecule has 1 fully saturated rings. The van der Waals surface area contributed by atoms with Gasteiger partial charge < -0.3 is 10.0 Å². The molecule has 1 aromatic heterocycles. The summed E-state index contributed by atoms with van der Waals surface area (Å²) in [7, 11) is 0. The molecule has 1 aromatic carbocycles. The number of piperidine rings is 1. The number of halogens is 2. The van der Waals surface area contributed by atoms with Gasteiger partial charge in [0, 0.05) is 19.3 Å². The van der Waals surface area contributed by atoms with Crippen LogP contribution >= 0.6 is 11.6 Å². The number of carbonyl (C=O) groups excluding carboxylic acids is 1. The second-order valence-corrected chi connectivity index (χ2v) is 6.38. The number of aliphatic hydroxyl groups is 1. The minimum absolute atomic E-state index is 0.0582. The molecule has 4 nitrogen and oxygen atoms in total. The highest BCUT2D eigenvalue weighted by Gasteiger charge is 2.28. The lowest BCUT2D eigenvalue weighted by Gasteiger charge is -2.34. The van der Waals surface area contributed by atoms with Crippen LogP contribution in [-0.2, 0) is 0 Å². The molecule has 6 heteroatoms. The standard InChI is InChI=1S/C18H18ClFN2O2/c19-16-6-3-14(11-21-16)18(24)22-9-7-13(8-10-22)17(23)12-1-4-15(20)5-2-12/h1-6,11,13,17,23H,7-10H2/t17-/m1/s1. The fraction of sp³-hybridized carbons (Fsp3) is 0.333. The summed E-state index contributed by atoms with van der Waals surface area (Å²) in [6.45, 7) is 1.15. The molecule has 24 heavy (non-hydrogen) atoms. The maximum atomic E-state index is 13.0. The van der Waals surface area contributed by atoms with Gasteiger partial charge in [-0.25, -0.2) is 9.37 Å². The summed E-state index contributed by atoms with van der Waals surface area (Å²) < 4.78 is 13.0. The number of benzene rings is 1. The first-order chi connectivity index (χ1) is 11.5. The number of nitrogens with zero attached hydrogens (tertiary/aromatic N) is 2. The largest absolute Gasteiger partial charge is 0.388 e. The van der Waals surface area contributed by atoms with Gasteiger partial charge in [-0.3, -0.25) is 4.79 Å². The van der Waals surface area contributed by atoms with Crippen molar-refractivity contribution in [2.45, 2.75) is 18.9 Å². The zero-order valence-electron chi connectivity index (χ0n) is 13.0. The van der Waals surface area contributed by atoms with Crippen molar-refractivity contribution in [3.05, 3.63) is 64.7 Å². The van der Waals surface area contributed by atoms with Crippen LogP contribution < -0.4 is 0 Å². The zero-order chi connectivity index (χ0) is 17.1. The summed E-state index contributed by atoms with van der Waals surface area (Å²) >= 11 is 5.74. The van der Waals surface area contributed by atoms with Crippen molar-refractivity contribution in [3.63, 3.8) is 0 Å². The van der Waals surface area contributed by atoms with E-state index in [1.807, 2.05) is 0 Å². The van der Waals surface area contributed by atoms with Crippen LogP contribution in [0.15, 0.2) is 42.6 Å². The van der Waals surface area contributed by atoms with Gasteiger partial charge in [-0.15, -0.1) is 0 Å². The number of likely N-dealkylation sites (tertiary alicyclic amines) is 1. The number of hydrogen-bond acceptors (Lipinski definition) is 3. The Morgan fingerprint density at radius 1 is 1.21 bits per heavy atom. The third-order valence-electron chi connectivity index (χ3n) is 4.46. The summed E-state index contributed by atoms with van der Waals surface area (Å²) in [6.07, 6.45) is 2.24. The molecule has 1 aliphatic heterocycles. The lowest BCUT2D eigenvalue weighted by atomic mass is 9.87. The predicted octanol–water partition coefficient (Wildman–Crippen LogP) is 3.46. The Hall–Kier alpha value is -1.98. The van der Waals surface area contributed by atoms with Gasteiger partial charge in [-0.1, -0.05) is 23.7 Å². The van der Waals surface area contributed by atoms with E-state index in [1.165, 1.54) is 18.3 Å². The Morgan fingerprint density at radius 3 is 2.46 bits per heavy atom. The molecule has 2 aromatic rings. The van der Waals surface area contributed by atoms with Crippen LogP contribution in [-0.4, -0.2) is 34.0 Å².